The van der Waals surface area contributed by atoms with E-state index in [1.165, 1.54) is 4.88 Å². The number of nitrogens with zero attached hydrogens (tertiary/aromatic N) is 2. The summed E-state index contributed by atoms with van der Waals surface area (Å²) in [5.74, 6) is 1.59. The van der Waals surface area contributed by atoms with Crippen LogP contribution in [0.15, 0.2) is 83.6 Å². The van der Waals surface area contributed by atoms with E-state index in [9.17, 15) is 0 Å². The number of thiophene rings is 1. The predicted molar refractivity (Wildman–Crippen MR) is 141 cm³/mol. The van der Waals surface area contributed by atoms with Crippen molar-refractivity contribution in [1.29, 1.82) is 0 Å². The van der Waals surface area contributed by atoms with Gasteiger partial charge in [-0.3, -0.25) is 0 Å². The van der Waals surface area contributed by atoms with Crippen molar-refractivity contribution in [2.75, 3.05) is 5.32 Å². The molecule has 0 fully saturated rings. The molecule has 3 aromatic carbocycles. The average molecular weight is 537 g/mol. The van der Waals surface area contributed by atoms with E-state index in [0.717, 1.165) is 53.7 Å². The van der Waals surface area contributed by atoms with E-state index in [1.807, 2.05) is 48.5 Å². The Hall–Kier alpha value is -2.93. The molecular weight excluding hydrogens is 518 g/mol. The van der Waals surface area contributed by atoms with Gasteiger partial charge in [-0.15, -0.1) is 11.3 Å². The van der Waals surface area contributed by atoms with E-state index in [1.54, 1.807) is 17.7 Å². The monoisotopic (exact) mass is 535 g/mol. The maximum absolute atomic E-state index is 5.94. The highest BCUT2D eigenvalue weighted by molar-refractivity contribution is 9.10. The Labute approximate surface area is 209 Å². The molecule has 164 valence electrons. The highest BCUT2D eigenvalue weighted by atomic mass is 79.9. The lowest BCUT2D eigenvalue weighted by atomic mass is 10.0. The molecule has 0 aliphatic carbocycles. The second kappa shape index (κ2) is 9.51. The van der Waals surface area contributed by atoms with Crippen molar-refractivity contribution < 1.29 is 4.74 Å². The fourth-order valence-electron chi connectivity index (χ4n) is 3.62. The van der Waals surface area contributed by atoms with Crippen LogP contribution in [0, 0.1) is 6.92 Å². The van der Waals surface area contributed by atoms with Crippen LogP contribution in [0.3, 0.4) is 0 Å². The molecule has 2 heterocycles. The van der Waals surface area contributed by atoms with Crippen molar-refractivity contribution in [2.24, 2.45) is 0 Å². The number of hydrogen-bond donors (Lipinski definition) is 1. The number of rotatable bonds is 6. The molecule has 0 bridgehead atoms. The molecule has 0 unspecified atom stereocenters. The van der Waals surface area contributed by atoms with E-state index in [2.05, 4.69) is 62.4 Å². The first-order chi connectivity index (χ1) is 16.1. The molecule has 5 aromatic rings. The third-order valence-corrected chi connectivity index (χ3v) is 7.03. The fraction of sp³-hybridized carbons (Fsp3) is 0.0769. The van der Waals surface area contributed by atoms with E-state index in [0.29, 0.717) is 6.61 Å². The molecule has 0 atom stereocenters. The molecular formula is C26H19BrClN3OS. The summed E-state index contributed by atoms with van der Waals surface area (Å²) in [4.78, 5) is 11.2. The summed E-state index contributed by atoms with van der Waals surface area (Å²) in [5.41, 5.74) is 4.30. The van der Waals surface area contributed by atoms with E-state index in [-0.39, 0.29) is 0 Å². The molecule has 33 heavy (non-hydrogen) atoms. The standard InChI is InChI=1S/C26H19BrClN3OS/c1-16-23(18-4-6-19(27)7-5-18)24-25(29-15-30-26(24)33-16)31-21-10-12-22(13-11-21)32-14-17-2-8-20(28)9-3-17/h2-13,15H,14H2,1H3,(H,29,30,31). The van der Waals surface area contributed by atoms with Crippen molar-refractivity contribution in [2.45, 2.75) is 13.5 Å². The van der Waals surface area contributed by atoms with Gasteiger partial charge in [0, 0.05) is 25.6 Å². The normalized spacial score (nSPS) is 11.0. The zero-order valence-electron chi connectivity index (χ0n) is 17.7. The molecule has 0 aliphatic rings. The number of aryl methyl sites for hydroxylation is 1. The minimum atomic E-state index is 0.487. The van der Waals surface area contributed by atoms with E-state index >= 15 is 0 Å². The highest BCUT2D eigenvalue weighted by Crippen LogP contribution is 2.41. The Bertz CT molecular complexity index is 1400. The number of anilines is 2. The fourth-order valence-corrected chi connectivity index (χ4v) is 5.02. The SMILES string of the molecule is Cc1sc2ncnc(Nc3ccc(OCc4ccc(Cl)cc4)cc3)c2c1-c1ccc(Br)cc1. The van der Waals surface area contributed by atoms with Crippen molar-refractivity contribution in [3.63, 3.8) is 0 Å². The summed E-state index contributed by atoms with van der Waals surface area (Å²) >= 11 is 11.1. The topological polar surface area (TPSA) is 47.0 Å². The Balaban J connectivity index is 1.39. The quantitative estimate of drug-likeness (QED) is 0.237. The average Bonchev–Trinajstić information content (AvgIpc) is 3.17. The number of ether oxygens (including phenoxy) is 1. The first-order valence-electron chi connectivity index (χ1n) is 10.3. The minimum Gasteiger partial charge on any atom is -0.489 e. The first kappa shape index (κ1) is 21.9. The molecule has 0 saturated carbocycles. The third kappa shape index (κ3) is 4.88. The lowest BCUT2D eigenvalue weighted by Crippen LogP contribution is -1.97. The van der Waals surface area contributed by atoms with Crippen molar-refractivity contribution in [3.8, 4) is 16.9 Å². The summed E-state index contributed by atoms with van der Waals surface area (Å²) in [6, 6.07) is 23.9. The van der Waals surface area contributed by atoms with Gasteiger partial charge >= 0.3 is 0 Å². The third-order valence-electron chi connectivity index (χ3n) is 5.23. The van der Waals surface area contributed by atoms with E-state index < -0.39 is 0 Å². The van der Waals surface area contributed by atoms with Crippen molar-refractivity contribution in [1.82, 2.24) is 9.97 Å². The first-order valence-corrected chi connectivity index (χ1v) is 12.3. The maximum atomic E-state index is 5.94. The van der Waals surface area contributed by atoms with Gasteiger partial charge < -0.3 is 10.1 Å². The van der Waals surface area contributed by atoms with Gasteiger partial charge in [-0.1, -0.05) is 51.8 Å². The Morgan fingerprint density at radius 3 is 2.39 bits per heavy atom. The van der Waals surface area contributed by atoms with Gasteiger partial charge in [-0.2, -0.15) is 0 Å². The summed E-state index contributed by atoms with van der Waals surface area (Å²) in [7, 11) is 0. The number of hydrogen-bond acceptors (Lipinski definition) is 5. The number of nitrogens with one attached hydrogen (secondary N) is 1. The summed E-state index contributed by atoms with van der Waals surface area (Å²) in [6.45, 7) is 2.61. The molecule has 1 N–H and O–H groups in total. The van der Waals surface area contributed by atoms with Gasteiger partial charge in [0.1, 0.15) is 29.3 Å². The molecule has 0 saturated heterocycles. The van der Waals surface area contributed by atoms with E-state index in [4.69, 9.17) is 16.3 Å². The van der Waals surface area contributed by atoms with Gasteiger partial charge in [0.05, 0.1) is 5.39 Å². The molecule has 0 radical (unpaired) electrons. The lowest BCUT2D eigenvalue weighted by Gasteiger charge is -2.11. The highest BCUT2D eigenvalue weighted by Gasteiger charge is 2.17. The molecule has 0 amide bonds. The van der Waals surface area contributed by atoms with Gasteiger partial charge in [-0.05, 0) is 66.6 Å². The molecule has 5 rings (SSSR count). The number of halogens is 2. The van der Waals surface area contributed by atoms with Gasteiger partial charge in [0.25, 0.3) is 0 Å². The van der Waals surface area contributed by atoms with Crippen LogP contribution in [0.1, 0.15) is 10.4 Å². The lowest BCUT2D eigenvalue weighted by molar-refractivity contribution is 0.306. The Morgan fingerprint density at radius 1 is 0.939 bits per heavy atom. The Morgan fingerprint density at radius 2 is 1.67 bits per heavy atom. The maximum Gasteiger partial charge on any atom is 0.143 e. The van der Waals surface area contributed by atoms with Crippen LogP contribution >= 0.6 is 38.9 Å². The van der Waals surface area contributed by atoms with Gasteiger partial charge in [0.2, 0.25) is 0 Å². The van der Waals surface area contributed by atoms with Crippen LogP contribution in [-0.4, -0.2) is 9.97 Å². The van der Waals surface area contributed by atoms with Crippen LogP contribution in [-0.2, 0) is 6.61 Å². The van der Waals surface area contributed by atoms with Crippen LogP contribution in [0.2, 0.25) is 5.02 Å². The van der Waals surface area contributed by atoms with Gasteiger partial charge in [0.15, 0.2) is 0 Å². The van der Waals surface area contributed by atoms with Crippen LogP contribution < -0.4 is 10.1 Å². The Kier molecular flexibility index (Phi) is 6.31. The molecule has 4 nitrogen and oxygen atoms in total. The van der Waals surface area contributed by atoms with Crippen molar-refractivity contribution >= 4 is 60.6 Å². The summed E-state index contributed by atoms with van der Waals surface area (Å²) in [6.07, 6.45) is 1.61. The summed E-state index contributed by atoms with van der Waals surface area (Å²) in [5, 5.41) is 5.22. The van der Waals surface area contributed by atoms with Crippen LogP contribution in [0.4, 0.5) is 11.5 Å². The van der Waals surface area contributed by atoms with Crippen LogP contribution in [0.5, 0.6) is 5.75 Å². The zero-order valence-corrected chi connectivity index (χ0v) is 20.8. The second-order valence-corrected chi connectivity index (χ2v) is 10.1. The smallest absolute Gasteiger partial charge is 0.143 e. The minimum absolute atomic E-state index is 0.487. The predicted octanol–water partition coefficient (Wildman–Crippen LogP) is 8.41. The number of fused-ring (bicyclic) bond motifs is 1. The molecule has 7 heteroatoms. The molecule has 0 aliphatic heterocycles. The molecule has 2 aromatic heterocycles. The van der Waals surface area contributed by atoms with Crippen LogP contribution in [0.25, 0.3) is 21.3 Å². The number of benzene rings is 3. The number of aromatic nitrogens is 2. The molecule has 0 spiro atoms. The summed E-state index contributed by atoms with van der Waals surface area (Å²) < 4.78 is 6.95. The van der Waals surface area contributed by atoms with Gasteiger partial charge in [-0.25, -0.2) is 9.97 Å². The largest absolute Gasteiger partial charge is 0.489 e. The zero-order chi connectivity index (χ0) is 22.8. The second-order valence-electron chi connectivity index (χ2n) is 7.51. The van der Waals surface area contributed by atoms with Crippen molar-refractivity contribution in [3.05, 3.63) is 99.1 Å².